The second-order valence-electron chi connectivity index (χ2n) is 13.5. The van der Waals surface area contributed by atoms with Crippen LogP contribution in [0.1, 0.15) is 56.0 Å². The van der Waals surface area contributed by atoms with E-state index in [4.69, 9.17) is 20.0 Å². The third-order valence-corrected chi connectivity index (χ3v) is 9.77. The first-order valence-corrected chi connectivity index (χ1v) is 16.2. The molecule has 46 heavy (non-hydrogen) atoms. The summed E-state index contributed by atoms with van der Waals surface area (Å²) in [4.78, 5) is 30.9. The summed E-state index contributed by atoms with van der Waals surface area (Å²) < 4.78 is 41.4. The smallest absolute Gasteiger partial charge is 0.410 e. The van der Waals surface area contributed by atoms with E-state index in [-0.39, 0.29) is 28.4 Å². The molecule has 15 heteroatoms. The first-order valence-electron chi connectivity index (χ1n) is 15.4. The Morgan fingerprint density at radius 1 is 1.09 bits per heavy atom. The van der Waals surface area contributed by atoms with Crippen molar-refractivity contribution in [2.75, 3.05) is 74.9 Å². The molecule has 12 nitrogen and oxygen atoms in total. The molecule has 0 radical (unpaired) electrons. The molecule has 0 spiro atoms. The molecule has 2 fully saturated rings. The summed E-state index contributed by atoms with van der Waals surface area (Å²) in [5.41, 5.74) is 6.02. The maximum Gasteiger partial charge on any atom is 0.410 e. The summed E-state index contributed by atoms with van der Waals surface area (Å²) in [6.07, 6.45) is -1.42. The number of likely N-dealkylation sites (N-methyl/N-ethyl adjacent to an activating group) is 1. The van der Waals surface area contributed by atoms with Crippen molar-refractivity contribution in [3.05, 3.63) is 34.0 Å². The lowest BCUT2D eigenvalue weighted by Crippen LogP contribution is -2.50. The van der Waals surface area contributed by atoms with Crippen LogP contribution in [0.3, 0.4) is 0 Å². The van der Waals surface area contributed by atoms with Crippen molar-refractivity contribution in [2.45, 2.75) is 57.5 Å². The lowest BCUT2D eigenvalue weighted by atomic mass is 9.71. The van der Waals surface area contributed by atoms with Gasteiger partial charge in [0.15, 0.2) is 0 Å². The van der Waals surface area contributed by atoms with Gasteiger partial charge in [-0.15, -0.1) is 11.3 Å². The second-order valence-corrected chi connectivity index (χ2v) is 14.7. The second kappa shape index (κ2) is 11.6. The molecule has 5 heterocycles. The topological polar surface area (TPSA) is 141 Å². The number of hydrogen-bond donors (Lipinski definition) is 1. The lowest BCUT2D eigenvalue weighted by molar-refractivity contribution is -0.0325. The number of nitrogens with zero attached hydrogens (tertiary/aromatic N) is 8. The minimum absolute atomic E-state index is 0.0169. The number of rotatable bonds is 4. The van der Waals surface area contributed by atoms with E-state index in [9.17, 15) is 10.1 Å². The van der Waals surface area contributed by atoms with Gasteiger partial charge in [0, 0.05) is 87.4 Å². The summed E-state index contributed by atoms with van der Waals surface area (Å²) in [6, 6.07) is 5.99. The number of amides is 1. The lowest BCUT2D eigenvalue weighted by Gasteiger charge is -2.38. The van der Waals surface area contributed by atoms with Gasteiger partial charge in [-0.2, -0.15) is 10.2 Å². The fourth-order valence-corrected chi connectivity index (χ4v) is 7.65. The first-order chi connectivity index (χ1) is 21.7. The Kier molecular flexibility index (Phi) is 8.08. The number of carbonyl (C=O) groups is 1. The highest BCUT2D eigenvalue weighted by Gasteiger charge is 2.53. The molecular formula is C31H39F2N9O3S. The number of ether oxygens (including phenoxy) is 1. The fourth-order valence-electron chi connectivity index (χ4n) is 6.42. The number of pyridine rings is 1. The largest absolute Gasteiger partial charge is 0.444 e. The van der Waals surface area contributed by atoms with E-state index in [1.807, 2.05) is 32.9 Å². The van der Waals surface area contributed by atoms with Crippen molar-refractivity contribution < 1.29 is 22.8 Å². The molecular weight excluding hydrogens is 616 g/mol. The quantitative estimate of drug-likeness (QED) is 0.429. The van der Waals surface area contributed by atoms with Crippen molar-refractivity contribution in [1.29, 1.82) is 5.26 Å². The monoisotopic (exact) mass is 655 g/mol. The van der Waals surface area contributed by atoms with Crippen LogP contribution in [0.2, 0.25) is 0 Å². The van der Waals surface area contributed by atoms with Crippen LogP contribution >= 0.6 is 11.3 Å². The van der Waals surface area contributed by atoms with Crippen molar-refractivity contribution in [3.8, 4) is 17.6 Å². The Bertz CT molecular complexity index is 1660. The normalized spacial score (nSPS) is 22.0. The zero-order chi connectivity index (χ0) is 33.0. The molecule has 3 aliphatic rings. The number of aromatic nitrogens is 3. The van der Waals surface area contributed by atoms with E-state index in [1.54, 1.807) is 11.8 Å². The highest BCUT2D eigenvalue weighted by Crippen LogP contribution is 2.53. The zero-order valence-electron chi connectivity index (χ0n) is 26.8. The summed E-state index contributed by atoms with van der Waals surface area (Å²) in [5, 5.41) is 14.3. The first kappa shape index (κ1) is 31.9. The van der Waals surface area contributed by atoms with Gasteiger partial charge >= 0.3 is 6.09 Å². The average molecular weight is 656 g/mol. The van der Waals surface area contributed by atoms with Crippen molar-refractivity contribution in [3.63, 3.8) is 0 Å². The molecule has 3 aromatic rings. The van der Waals surface area contributed by atoms with Crippen LogP contribution < -0.4 is 15.5 Å². The number of nitrogens with two attached hydrogens (primary N) is 1. The number of hydrogen-bond acceptors (Lipinski definition) is 12. The predicted molar refractivity (Wildman–Crippen MR) is 170 cm³/mol. The number of thiophene rings is 1. The number of anilines is 3. The molecule has 0 saturated carbocycles. The van der Waals surface area contributed by atoms with E-state index in [1.165, 1.54) is 0 Å². The van der Waals surface area contributed by atoms with Gasteiger partial charge in [0.1, 0.15) is 28.2 Å². The van der Waals surface area contributed by atoms with Gasteiger partial charge in [-0.05, 0) is 40.8 Å². The van der Waals surface area contributed by atoms with E-state index in [2.05, 4.69) is 38.0 Å². The summed E-state index contributed by atoms with van der Waals surface area (Å²) >= 11 is 1.01. The van der Waals surface area contributed by atoms with Gasteiger partial charge in [-0.1, -0.05) is 5.16 Å². The van der Waals surface area contributed by atoms with E-state index >= 15 is 8.78 Å². The minimum atomic E-state index is -3.05. The predicted octanol–water partition coefficient (Wildman–Crippen LogP) is 4.34. The molecule has 2 aliphatic heterocycles. The maximum absolute atomic E-state index is 15.1. The van der Waals surface area contributed by atoms with E-state index in [0.717, 1.165) is 49.0 Å². The Hall–Kier alpha value is -4.03. The number of fused-ring (bicyclic) bond motifs is 1. The Morgan fingerprint density at radius 2 is 1.76 bits per heavy atom. The molecule has 6 rings (SSSR count). The van der Waals surface area contributed by atoms with E-state index in [0.29, 0.717) is 42.3 Å². The summed E-state index contributed by atoms with van der Waals surface area (Å²) in [5.74, 6) is -2.15. The fraction of sp³-hybridized carbons (Fsp3) is 0.581. The zero-order valence-corrected chi connectivity index (χ0v) is 27.6. The number of nitrogen functional groups attached to an aromatic ring is 1. The third-order valence-electron chi connectivity index (χ3n) is 8.75. The van der Waals surface area contributed by atoms with Gasteiger partial charge < -0.3 is 34.6 Å². The average Bonchev–Trinajstić information content (AvgIpc) is 3.61. The van der Waals surface area contributed by atoms with Crippen LogP contribution in [-0.4, -0.2) is 102 Å². The molecule has 246 valence electrons. The highest BCUT2D eigenvalue weighted by atomic mass is 32.1. The number of nitriles is 1. The van der Waals surface area contributed by atoms with Crippen LogP contribution in [0.15, 0.2) is 16.7 Å². The summed E-state index contributed by atoms with van der Waals surface area (Å²) in [6.45, 7) is 12.6. The SMILES string of the molecule is CN1CCN(c2cc(N3CCN(C(=O)OC(C)(C)C)CC3)cc(-c3noc(C4(C)CC(F)(F)Cc5sc(N)c(C#N)c54)n3)n2)CC1. The Balaban J connectivity index is 1.34. The van der Waals surface area contributed by atoms with Crippen molar-refractivity contribution in [2.24, 2.45) is 0 Å². The van der Waals surface area contributed by atoms with Gasteiger partial charge in [0.25, 0.3) is 5.92 Å². The van der Waals surface area contributed by atoms with Crippen LogP contribution in [0.4, 0.5) is 30.1 Å². The van der Waals surface area contributed by atoms with Crippen molar-refractivity contribution >= 4 is 33.9 Å². The molecule has 3 aromatic heterocycles. The molecule has 1 atom stereocenters. The number of halogens is 2. The minimum Gasteiger partial charge on any atom is -0.444 e. The maximum atomic E-state index is 15.1. The van der Waals surface area contributed by atoms with Crippen LogP contribution in [0.5, 0.6) is 0 Å². The summed E-state index contributed by atoms with van der Waals surface area (Å²) in [7, 11) is 2.08. The van der Waals surface area contributed by atoms with Crippen LogP contribution in [0, 0.1) is 11.3 Å². The van der Waals surface area contributed by atoms with Crippen LogP contribution in [-0.2, 0) is 16.6 Å². The Labute approximate surface area is 270 Å². The van der Waals surface area contributed by atoms with E-state index < -0.39 is 29.8 Å². The molecule has 0 bridgehead atoms. The Morgan fingerprint density at radius 3 is 2.41 bits per heavy atom. The number of carbonyl (C=O) groups excluding carboxylic acids is 1. The third kappa shape index (κ3) is 6.20. The van der Waals surface area contributed by atoms with Crippen LogP contribution in [0.25, 0.3) is 11.5 Å². The molecule has 0 aromatic carbocycles. The molecule has 2 saturated heterocycles. The molecule has 2 N–H and O–H groups in total. The number of alkyl halides is 2. The molecule has 1 unspecified atom stereocenters. The van der Waals surface area contributed by atoms with Gasteiger partial charge in [0.05, 0.1) is 11.0 Å². The number of piperazine rings is 2. The van der Waals surface area contributed by atoms with Gasteiger partial charge in [0.2, 0.25) is 11.7 Å². The van der Waals surface area contributed by atoms with Gasteiger partial charge in [-0.25, -0.2) is 18.6 Å². The highest BCUT2D eigenvalue weighted by molar-refractivity contribution is 7.16. The molecule has 1 amide bonds. The van der Waals surface area contributed by atoms with Gasteiger partial charge in [-0.3, -0.25) is 0 Å². The van der Waals surface area contributed by atoms with Crippen molar-refractivity contribution in [1.82, 2.24) is 24.9 Å². The molecule has 1 aliphatic carbocycles. The standard InChI is InChI=1S/C31H39F2N9O3S/c1-29(2,3)44-28(43)42-12-10-40(11-13-42)19-14-21(36-23(15-19)41-8-6-39(5)7-9-41)26-37-27(45-38-26)30(4)18-31(32,33)16-22-24(30)20(17-34)25(35)46-22/h14-15H,6-13,16,18,35H2,1-5H3.